The van der Waals surface area contributed by atoms with E-state index in [1.54, 1.807) is 0 Å². The number of carbonyl (C=O) groups is 2. The van der Waals surface area contributed by atoms with Crippen molar-refractivity contribution >= 4 is 67.9 Å². The molecule has 0 atom stereocenters. The van der Waals surface area contributed by atoms with Crippen LogP contribution in [-0.4, -0.2) is 32.1 Å². The second-order valence-corrected chi connectivity index (χ2v) is 8.06. The number of benzene rings is 2. The highest BCUT2D eigenvalue weighted by Crippen LogP contribution is 2.28. The number of hydrogen-bond acceptors (Lipinski definition) is 10. The lowest BCUT2D eigenvalue weighted by atomic mass is 10.3. The Bertz CT molecular complexity index is 1120. The standard InChI is InChI=1S/2C10H9N3O2S/c2*11-8-7(9(14)15)16-10(13-8)12-6-4-2-1-3-5-6/h2*1-5H,11H2,(H,12,13)(H,14,15). The van der Waals surface area contributed by atoms with Gasteiger partial charge in [0.1, 0.15) is 0 Å². The molecule has 12 heteroatoms. The van der Waals surface area contributed by atoms with Gasteiger partial charge in [0.2, 0.25) is 0 Å². The molecule has 4 rings (SSSR count). The van der Waals surface area contributed by atoms with E-state index in [2.05, 4.69) is 20.6 Å². The van der Waals surface area contributed by atoms with Gasteiger partial charge in [-0.05, 0) is 24.3 Å². The Morgan fingerprint density at radius 2 is 1.03 bits per heavy atom. The third-order valence-corrected chi connectivity index (χ3v) is 5.69. The summed E-state index contributed by atoms with van der Waals surface area (Å²) in [6.45, 7) is 0. The van der Waals surface area contributed by atoms with Crippen molar-refractivity contribution in [3.05, 3.63) is 70.4 Å². The number of nitrogens with two attached hydrogens (primary N) is 2. The van der Waals surface area contributed by atoms with E-state index in [4.69, 9.17) is 21.7 Å². The molecule has 0 aliphatic carbocycles. The molecule has 2 aromatic heterocycles. The van der Waals surface area contributed by atoms with E-state index < -0.39 is 11.9 Å². The minimum atomic E-state index is -1.06. The first-order chi connectivity index (χ1) is 15.3. The summed E-state index contributed by atoms with van der Waals surface area (Å²) in [4.78, 5) is 29.5. The van der Waals surface area contributed by atoms with E-state index in [1.165, 1.54) is 0 Å². The summed E-state index contributed by atoms with van der Waals surface area (Å²) in [7, 11) is 0. The van der Waals surface area contributed by atoms with Crippen LogP contribution in [0.5, 0.6) is 0 Å². The van der Waals surface area contributed by atoms with E-state index in [0.29, 0.717) is 10.3 Å². The van der Waals surface area contributed by atoms with E-state index >= 15 is 0 Å². The van der Waals surface area contributed by atoms with E-state index in [9.17, 15) is 9.59 Å². The van der Waals surface area contributed by atoms with Crippen LogP contribution >= 0.6 is 22.7 Å². The van der Waals surface area contributed by atoms with Gasteiger partial charge in [-0.25, -0.2) is 19.6 Å². The zero-order chi connectivity index (χ0) is 23.1. The monoisotopic (exact) mass is 470 g/mol. The van der Waals surface area contributed by atoms with E-state index in [1.807, 2.05) is 60.7 Å². The summed E-state index contributed by atoms with van der Waals surface area (Å²) in [6, 6.07) is 18.7. The largest absolute Gasteiger partial charge is 0.477 e. The number of nitrogens with one attached hydrogen (secondary N) is 2. The van der Waals surface area contributed by atoms with Gasteiger partial charge in [0.25, 0.3) is 0 Å². The Hall–Kier alpha value is -4.16. The predicted octanol–water partition coefficient (Wildman–Crippen LogP) is 4.33. The van der Waals surface area contributed by atoms with E-state index in [-0.39, 0.29) is 21.4 Å². The molecular weight excluding hydrogens is 452 g/mol. The molecule has 0 unspecified atom stereocenters. The summed E-state index contributed by atoms with van der Waals surface area (Å²) < 4.78 is 0. The quantitative estimate of drug-likeness (QED) is 0.238. The number of aromatic nitrogens is 2. The lowest BCUT2D eigenvalue weighted by Gasteiger charge is -1.99. The second-order valence-electron chi connectivity index (χ2n) is 6.06. The van der Waals surface area contributed by atoms with Gasteiger partial charge in [0.05, 0.1) is 0 Å². The fourth-order valence-electron chi connectivity index (χ4n) is 2.37. The molecule has 0 saturated heterocycles. The minimum absolute atomic E-state index is 0.0379. The van der Waals surface area contributed by atoms with Crippen molar-refractivity contribution in [3.63, 3.8) is 0 Å². The average Bonchev–Trinajstić information content (AvgIpc) is 3.32. The fourth-order valence-corrected chi connectivity index (χ4v) is 3.85. The maximum absolute atomic E-state index is 10.8. The highest BCUT2D eigenvalue weighted by atomic mass is 32.1. The first kappa shape index (κ1) is 22.5. The van der Waals surface area contributed by atoms with Crippen molar-refractivity contribution in [2.24, 2.45) is 0 Å². The van der Waals surface area contributed by atoms with Crippen LogP contribution in [0.3, 0.4) is 0 Å². The Kier molecular flexibility index (Phi) is 7.21. The van der Waals surface area contributed by atoms with Crippen molar-refractivity contribution in [3.8, 4) is 0 Å². The van der Waals surface area contributed by atoms with Gasteiger partial charge >= 0.3 is 11.9 Å². The smallest absolute Gasteiger partial charge is 0.349 e. The number of nitrogens with zero attached hydrogens (tertiary/aromatic N) is 2. The number of thiazole rings is 2. The first-order valence-electron chi connectivity index (χ1n) is 8.97. The van der Waals surface area contributed by atoms with Crippen LogP contribution < -0.4 is 22.1 Å². The fraction of sp³-hybridized carbons (Fsp3) is 0. The molecule has 164 valence electrons. The van der Waals surface area contributed by atoms with E-state index in [0.717, 1.165) is 34.0 Å². The number of anilines is 6. The maximum atomic E-state index is 10.8. The summed E-state index contributed by atoms with van der Waals surface area (Å²) in [5.41, 5.74) is 12.6. The lowest BCUT2D eigenvalue weighted by Crippen LogP contribution is -1.97. The molecule has 0 amide bonds. The van der Waals surface area contributed by atoms with Crippen LogP contribution in [0.1, 0.15) is 19.3 Å². The summed E-state index contributed by atoms with van der Waals surface area (Å²) in [5.74, 6) is -2.04. The van der Waals surface area contributed by atoms with Gasteiger partial charge < -0.3 is 32.3 Å². The van der Waals surface area contributed by atoms with Gasteiger partial charge in [0.15, 0.2) is 31.7 Å². The van der Waals surface area contributed by atoms with Gasteiger partial charge in [-0.3, -0.25) is 0 Å². The van der Waals surface area contributed by atoms with Gasteiger partial charge in [0, 0.05) is 11.4 Å². The van der Waals surface area contributed by atoms with Crippen LogP contribution in [0, 0.1) is 0 Å². The summed E-state index contributed by atoms with van der Waals surface area (Å²) >= 11 is 2.03. The Morgan fingerprint density at radius 3 is 1.31 bits per heavy atom. The van der Waals surface area contributed by atoms with Gasteiger partial charge in [-0.2, -0.15) is 0 Å². The van der Waals surface area contributed by atoms with Crippen molar-refractivity contribution in [2.45, 2.75) is 0 Å². The number of nitrogen functional groups attached to an aromatic ring is 2. The molecule has 4 aromatic rings. The first-order valence-corrected chi connectivity index (χ1v) is 10.6. The van der Waals surface area contributed by atoms with Crippen molar-refractivity contribution in [2.75, 3.05) is 22.1 Å². The molecule has 0 saturated carbocycles. The molecular formula is C20H18N6O4S2. The Morgan fingerprint density at radius 1 is 0.688 bits per heavy atom. The van der Waals surface area contributed by atoms with Crippen LogP contribution in [0.2, 0.25) is 0 Å². The van der Waals surface area contributed by atoms with Crippen molar-refractivity contribution in [1.29, 1.82) is 0 Å². The SMILES string of the molecule is Nc1nc(Nc2ccccc2)sc1C(=O)O.Nc1nc(Nc2ccccc2)sc1C(=O)O. The average molecular weight is 471 g/mol. The predicted molar refractivity (Wildman–Crippen MR) is 126 cm³/mol. The number of hydrogen-bond donors (Lipinski definition) is 6. The summed E-state index contributed by atoms with van der Waals surface area (Å²) in [6.07, 6.45) is 0. The zero-order valence-electron chi connectivity index (χ0n) is 16.4. The molecule has 8 N–H and O–H groups in total. The van der Waals surface area contributed by atoms with Crippen molar-refractivity contribution < 1.29 is 19.8 Å². The Balaban J connectivity index is 0.000000181. The second kappa shape index (κ2) is 10.2. The molecule has 32 heavy (non-hydrogen) atoms. The number of para-hydroxylation sites is 2. The highest BCUT2D eigenvalue weighted by molar-refractivity contribution is 7.18. The van der Waals surface area contributed by atoms with Crippen LogP contribution in [0.25, 0.3) is 0 Å². The van der Waals surface area contributed by atoms with Crippen LogP contribution in [0.4, 0.5) is 33.3 Å². The normalized spacial score (nSPS) is 10.0. The molecule has 0 aliphatic rings. The highest BCUT2D eigenvalue weighted by Gasteiger charge is 2.15. The molecule has 2 aromatic carbocycles. The van der Waals surface area contributed by atoms with Gasteiger partial charge in [-0.1, -0.05) is 59.1 Å². The van der Waals surface area contributed by atoms with Gasteiger partial charge in [-0.15, -0.1) is 0 Å². The molecule has 0 spiro atoms. The summed E-state index contributed by atoms with van der Waals surface area (Å²) in [5, 5.41) is 24.5. The molecule has 2 heterocycles. The van der Waals surface area contributed by atoms with Crippen molar-refractivity contribution in [1.82, 2.24) is 9.97 Å². The van der Waals surface area contributed by atoms with Crippen LogP contribution in [-0.2, 0) is 0 Å². The molecule has 0 bridgehead atoms. The Labute approximate surface area is 190 Å². The third kappa shape index (κ3) is 5.93. The molecule has 10 nitrogen and oxygen atoms in total. The molecule has 0 aliphatic heterocycles. The van der Waals surface area contributed by atoms with Crippen LogP contribution in [0.15, 0.2) is 60.7 Å². The third-order valence-electron chi connectivity index (χ3n) is 3.75. The lowest BCUT2D eigenvalue weighted by molar-refractivity contribution is 0.0692. The maximum Gasteiger partial charge on any atom is 0.349 e. The number of rotatable bonds is 6. The number of aromatic carboxylic acids is 2. The topological polar surface area (TPSA) is 176 Å². The molecule has 0 fully saturated rings. The number of carboxylic acid groups (broad SMARTS) is 2. The zero-order valence-corrected chi connectivity index (χ0v) is 18.0. The molecule has 0 radical (unpaired) electrons. The minimum Gasteiger partial charge on any atom is -0.477 e. The number of carboxylic acids is 2.